The van der Waals surface area contributed by atoms with E-state index in [0.29, 0.717) is 38.5 Å². The molecule has 0 saturated carbocycles. The van der Waals surface area contributed by atoms with Gasteiger partial charge in [0.1, 0.15) is 0 Å². The summed E-state index contributed by atoms with van der Waals surface area (Å²) in [5.74, 6) is 0. The molecule has 3 aromatic carbocycles. The normalized spacial score (nSPS) is 15.8. The summed E-state index contributed by atoms with van der Waals surface area (Å²) < 4.78 is 61.8. The molecule has 5 aromatic rings. The van der Waals surface area contributed by atoms with Crippen LogP contribution in [0.2, 0.25) is 0 Å². The van der Waals surface area contributed by atoms with Gasteiger partial charge in [0.15, 0.2) is 0 Å². The van der Waals surface area contributed by atoms with Crippen molar-refractivity contribution in [2.24, 2.45) is 5.41 Å². The van der Waals surface area contributed by atoms with Crippen molar-refractivity contribution in [1.29, 1.82) is 0 Å². The molecule has 168 valence electrons. The summed E-state index contributed by atoms with van der Waals surface area (Å²) in [6, 6.07) is 5.43. The Balaban J connectivity index is 1.94. The largest absolute Gasteiger partial charge is 0.255 e. The summed E-state index contributed by atoms with van der Waals surface area (Å²) in [7, 11) is 0. The predicted octanol–water partition coefficient (Wildman–Crippen LogP) is 9.46. The highest BCUT2D eigenvalue weighted by molar-refractivity contribution is 7.26. The summed E-state index contributed by atoms with van der Waals surface area (Å²) in [4.78, 5) is 4.57. The lowest BCUT2D eigenvalue weighted by Crippen LogP contribution is -2.12. The van der Waals surface area contributed by atoms with Crippen molar-refractivity contribution in [2.75, 3.05) is 0 Å². The quantitative estimate of drug-likeness (QED) is 0.257. The van der Waals surface area contributed by atoms with Gasteiger partial charge < -0.3 is 0 Å². The van der Waals surface area contributed by atoms with E-state index in [2.05, 4.69) is 46.5 Å². The molecule has 0 N–H and O–H groups in total. The minimum Gasteiger partial charge on any atom is -0.255 e. The topological polar surface area (TPSA) is 12.9 Å². The van der Waals surface area contributed by atoms with Gasteiger partial charge in [-0.25, -0.2) is 0 Å². The number of rotatable bonds is 2. The van der Waals surface area contributed by atoms with E-state index >= 15 is 0 Å². The first kappa shape index (κ1) is 15.2. The number of hydrogen-bond donors (Lipinski definition) is 0. The van der Waals surface area contributed by atoms with Crippen LogP contribution in [0.3, 0.4) is 0 Å². The van der Waals surface area contributed by atoms with E-state index in [1.165, 1.54) is 11.3 Å². The fourth-order valence-electron chi connectivity index (χ4n) is 4.44. The third-order valence-corrected chi connectivity index (χ3v) is 7.37. The molecule has 0 atom stereocenters. The van der Waals surface area contributed by atoms with E-state index in [0.717, 1.165) is 26.8 Å². The summed E-state index contributed by atoms with van der Waals surface area (Å²) in [5, 5.41) is 2.27. The molecule has 1 nitrogen and oxygen atoms in total. The van der Waals surface area contributed by atoms with Gasteiger partial charge in [-0.15, -0.1) is 11.3 Å². The van der Waals surface area contributed by atoms with Crippen LogP contribution in [0.15, 0.2) is 60.6 Å². The number of hydrogen-bond acceptors (Lipinski definition) is 2. The van der Waals surface area contributed by atoms with Crippen LogP contribution in [0.5, 0.6) is 0 Å². The number of aromatic nitrogens is 1. The molecule has 0 saturated heterocycles. The molecule has 2 heterocycles. The molecule has 0 fully saturated rings. The summed E-state index contributed by atoms with van der Waals surface area (Å²) in [5.41, 5.74) is 3.40. The van der Waals surface area contributed by atoms with Crippen LogP contribution in [0.1, 0.15) is 67.8 Å². The maximum atomic E-state index is 8.96. The first-order chi connectivity index (χ1) is 18.4. The Kier molecular flexibility index (Phi) is 3.54. The first-order valence-electron chi connectivity index (χ1n) is 14.8. The fraction of sp³-hybridized carbons (Fsp3) is 0.323. The second-order valence-corrected chi connectivity index (χ2v) is 12.1. The highest BCUT2D eigenvalue weighted by atomic mass is 32.1. The molecule has 0 amide bonds. The van der Waals surface area contributed by atoms with E-state index in [4.69, 9.17) is 9.60 Å². The Morgan fingerprint density at radius 3 is 2.36 bits per heavy atom. The van der Waals surface area contributed by atoms with Crippen LogP contribution in [0.4, 0.5) is 0 Å². The zero-order valence-electron chi connectivity index (χ0n) is 27.3. The molecule has 0 spiro atoms. The summed E-state index contributed by atoms with van der Waals surface area (Å²) in [6.45, 7) is 14.5. The van der Waals surface area contributed by atoms with Gasteiger partial charge in [0.05, 0.1) is 20.0 Å². The number of thiophene rings is 1. The molecule has 0 radical (unpaired) electrons. The van der Waals surface area contributed by atoms with Crippen LogP contribution in [-0.4, -0.2) is 4.98 Å². The molecule has 0 aliphatic heterocycles. The molecular weight excluding hydrogens is 418 g/mol. The second-order valence-electron chi connectivity index (χ2n) is 11.1. The monoisotopic (exact) mass is 458 g/mol. The van der Waals surface area contributed by atoms with E-state index < -0.39 is 0 Å². The highest BCUT2D eigenvalue weighted by Gasteiger charge is 2.21. The van der Waals surface area contributed by atoms with E-state index in [1.807, 2.05) is 13.0 Å². The second kappa shape index (κ2) is 7.67. The first-order valence-corrected chi connectivity index (χ1v) is 12.1. The lowest BCUT2D eigenvalue weighted by molar-refractivity contribution is 0.410. The van der Waals surface area contributed by atoms with Gasteiger partial charge in [-0.05, 0) is 69.8 Å². The van der Waals surface area contributed by atoms with E-state index in [9.17, 15) is 0 Å². The lowest BCUT2D eigenvalue weighted by Gasteiger charge is -2.22. The minimum atomic E-state index is -0.345. The highest BCUT2D eigenvalue weighted by Crippen LogP contribution is 2.43. The number of benzene rings is 3. The Morgan fingerprint density at radius 1 is 0.879 bits per heavy atom. The maximum Gasteiger partial charge on any atom is 0.0880 e. The molecule has 0 aliphatic rings. The van der Waals surface area contributed by atoms with Gasteiger partial charge in [0.25, 0.3) is 0 Å². The standard InChI is InChI=1S/C31H33NS/c1-19-21(18-30(2,3)4)12-13-24-25-14-15-32-27(29(25)33-28(19)24)22-16-20-10-8-9-11-23(20)26(17-22)31(5,6)7/h8-17H,18H2,1-7H3/i8D,9D,10D,12D,13D,14D,15D. The number of aryl methyl sites for hydroxylation is 1. The molecule has 0 bridgehead atoms. The summed E-state index contributed by atoms with van der Waals surface area (Å²) in [6.07, 6.45) is 0.436. The van der Waals surface area contributed by atoms with Crippen molar-refractivity contribution >= 4 is 42.3 Å². The average Bonchev–Trinajstić information content (AvgIpc) is 3.26. The molecule has 0 unspecified atom stereocenters. The van der Waals surface area contributed by atoms with E-state index in [1.54, 1.807) is 12.1 Å². The Morgan fingerprint density at radius 2 is 1.64 bits per heavy atom. The van der Waals surface area contributed by atoms with Crippen molar-refractivity contribution < 1.29 is 9.60 Å². The van der Waals surface area contributed by atoms with Crippen molar-refractivity contribution in [3.63, 3.8) is 0 Å². The molecule has 5 rings (SSSR count). The molecule has 2 aromatic heterocycles. The predicted molar refractivity (Wildman–Crippen MR) is 147 cm³/mol. The lowest BCUT2D eigenvalue weighted by atomic mass is 9.82. The van der Waals surface area contributed by atoms with Crippen molar-refractivity contribution in [3.05, 3.63) is 77.3 Å². The van der Waals surface area contributed by atoms with Gasteiger partial charge >= 0.3 is 0 Å². The van der Waals surface area contributed by atoms with Crippen LogP contribution in [-0.2, 0) is 11.8 Å². The van der Waals surface area contributed by atoms with Crippen LogP contribution >= 0.6 is 11.3 Å². The van der Waals surface area contributed by atoms with Gasteiger partial charge in [0.2, 0.25) is 0 Å². The van der Waals surface area contributed by atoms with Crippen molar-refractivity contribution in [1.82, 2.24) is 4.98 Å². The Labute approximate surface area is 211 Å². The third kappa shape index (κ3) is 3.95. The van der Waals surface area contributed by atoms with Crippen LogP contribution in [0.25, 0.3) is 42.2 Å². The van der Waals surface area contributed by atoms with Crippen molar-refractivity contribution in [3.8, 4) is 11.3 Å². The number of nitrogens with zero attached hydrogens (tertiary/aromatic N) is 1. The van der Waals surface area contributed by atoms with E-state index in [-0.39, 0.29) is 53.3 Å². The minimum absolute atomic E-state index is 0.00323. The average molecular weight is 459 g/mol. The fourth-order valence-corrected chi connectivity index (χ4v) is 5.69. The van der Waals surface area contributed by atoms with Crippen LogP contribution in [0, 0.1) is 12.3 Å². The SMILES string of the molecule is [2H]c1cc2c(C(C)(C)C)cc(-c3nc([2H])c([2H])c4c3sc3c(C)c(CC(C)(C)C)c([2H])c([2H])c34)cc2c([2H])c1[2H]. The molecular formula is C31H33NS. The summed E-state index contributed by atoms with van der Waals surface area (Å²) >= 11 is 1.44. The maximum absolute atomic E-state index is 8.96. The number of pyridine rings is 1. The van der Waals surface area contributed by atoms with Crippen molar-refractivity contribution in [2.45, 2.75) is 60.3 Å². The Hall–Kier alpha value is -2.71. The smallest absolute Gasteiger partial charge is 0.0880 e. The molecule has 0 aliphatic carbocycles. The van der Waals surface area contributed by atoms with Gasteiger partial charge in [-0.2, -0.15) is 0 Å². The van der Waals surface area contributed by atoms with Crippen LogP contribution < -0.4 is 0 Å². The number of fused-ring (bicyclic) bond motifs is 4. The molecule has 33 heavy (non-hydrogen) atoms. The van der Waals surface area contributed by atoms with Gasteiger partial charge in [-0.1, -0.05) is 77.8 Å². The van der Waals surface area contributed by atoms with Gasteiger partial charge in [-0.3, -0.25) is 4.98 Å². The third-order valence-electron chi connectivity index (χ3n) is 6.06. The Bertz CT molecular complexity index is 1870. The zero-order valence-corrected chi connectivity index (χ0v) is 21.1. The zero-order chi connectivity index (χ0) is 29.6. The van der Waals surface area contributed by atoms with Gasteiger partial charge in [0, 0.05) is 27.2 Å². The molecule has 2 heteroatoms.